The highest BCUT2D eigenvalue weighted by molar-refractivity contribution is 5.73. The predicted octanol–water partition coefficient (Wildman–Crippen LogP) is 3.28. The molecule has 1 aromatic rings. The van der Waals surface area contributed by atoms with Crippen LogP contribution in [0.3, 0.4) is 0 Å². The van der Waals surface area contributed by atoms with Gasteiger partial charge in [-0.1, -0.05) is 23.8 Å². The zero-order valence-electron chi connectivity index (χ0n) is 12.5. The van der Waals surface area contributed by atoms with Crippen LogP contribution in [0.4, 0.5) is 0 Å². The molecule has 1 heterocycles. The van der Waals surface area contributed by atoms with Crippen LogP contribution < -0.4 is 0 Å². The molecule has 2 heteroatoms. The minimum absolute atomic E-state index is 0.266. The molecule has 0 unspecified atom stereocenters. The highest BCUT2D eigenvalue weighted by Crippen LogP contribution is 2.61. The van der Waals surface area contributed by atoms with Crippen LogP contribution in [-0.2, 0) is 11.2 Å². The first-order valence-corrected chi connectivity index (χ1v) is 7.95. The zero-order chi connectivity index (χ0) is 13.9. The van der Waals surface area contributed by atoms with Crippen molar-refractivity contribution in [2.75, 3.05) is 13.1 Å². The lowest BCUT2D eigenvalue weighted by Crippen LogP contribution is -2.37. The van der Waals surface area contributed by atoms with E-state index in [1.54, 1.807) is 18.1 Å². The van der Waals surface area contributed by atoms with Crippen molar-refractivity contribution >= 4 is 5.91 Å². The summed E-state index contributed by atoms with van der Waals surface area (Å²) in [6.07, 6.45) is 5.12. The largest absolute Gasteiger partial charge is 0.342 e. The first-order chi connectivity index (χ1) is 9.60. The Hall–Kier alpha value is -1.31. The van der Waals surface area contributed by atoms with Crippen LogP contribution in [-0.4, -0.2) is 23.9 Å². The summed E-state index contributed by atoms with van der Waals surface area (Å²) in [7, 11) is 0. The van der Waals surface area contributed by atoms with Gasteiger partial charge in [-0.15, -0.1) is 0 Å². The maximum atomic E-state index is 11.8. The number of carbonyl (C=O) groups is 1. The molecule has 0 N–H and O–H groups in total. The number of rotatable bonds is 0. The smallest absolute Gasteiger partial charge is 0.219 e. The van der Waals surface area contributed by atoms with E-state index in [1.165, 1.54) is 31.2 Å². The summed E-state index contributed by atoms with van der Waals surface area (Å²) in [5.41, 5.74) is 4.94. The van der Waals surface area contributed by atoms with E-state index < -0.39 is 0 Å². The van der Waals surface area contributed by atoms with Gasteiger partial charge in [0.25, 0.3) is 0 Å². The van der Waals surface area contributed by atoms with Gasteiger partial charge in [0.15, 0.2) is 0 Å². The molecule has 3 atom stereocenters. The molecule has 20 heavy (non-hydrogen) atoms. The lowest BCUT2D eigenvalue weighted by Gasteiger charge is -2.41. The Morgan fingerprint density at radius 2 is 2.20 bits per heavy atom. The Bertz CT molecular complexity index is 579. The molecule has 3 aliphatic rings. The van der Waals surface area contributed by atoms with Crippen LogP contribution in [0.1, 0.15) is 48.8 Å². The molecule has 1 amide bonds. The average Bonchev–Trinajstić information content (AvgIpc) is 2.93. The van der Waals surface area contributed by atoms with Crippen molar-refractivity contribution in [3.05, 3.63) is 34.9 Å². The van der Waals surface area contributed by atoms with Crippen LogP contribution >= 0.6 is 0 Å². The highest BCUT2D eigenvalue weighted by Gasteiger charge is 2.57. The number of hydrogen-bond acceptors (Lipinski definition) is 1. The first-order valence-electron chi connectivity index (χ1n) is 7.95. The third-order valence-electron chi connectivity index (χ3n) is 6.22. The van der Waals surface area contributed by atoms with Gasteiger partial charge >= 0.3 is 0 Å². The molecule has 4 rings (SSSR count). The van der Waals surface area contributed by atoms with Crippen molar-refractivity contribution in [1.82, 2.24) is 4.90 Å². The molecule has 2 nitrogen and oxygen atoms in total. The molecule has 1 aliphatic heterocycles. The SMILES string of the molecule is CC(=O)N1C[C@H]2CC[C@@H]3c4ccc(C)cc4CC[C@]23C1. The Labute approximate surface area is 121 Å². The molecule has 2 fully saturated rings. The minimum Gasteiger partial charge on any atom is -0.342 e. The molecule has 106 valence electrons. The molecule has 2 aliphatic carbocycles. The Kier molecular flexibility index (Phi) is 2.55. The van der Waals surface area contributed by atoms with Crippen LogP contribution in [0.2, 0.25) is 0 Å². The molecule has 0 radical (unpaired) electrons. The number of amides is 1. The van der Waals surface area contributed by atoms with Crippen molar-refractivity contribution in [2.45, 2.75) is 45.4 Å². The fourth-order valence-corrected chi connectivity index (χ4v) is 5.25. The van der Waals surface area contributed by atoms with Crippen LogP contribution in [0.25, 0.3) is 0 Å². The van der Waals surface area contributed by atoms with Crippen molar-refractivity contribution < 1.29 is 4.79 Å². The van der Waals surface area contributed by atoms with Crippen LogP contribution in [0, 0.1) is 18.3 Å². The van der Waals surface area contributed by atoms with Gasteiger partial charge in [-0.25, -0.2) is 0 Å². The third kappa shape index (κ3) is 1.54. The monoisotopic (exact) mass is 269 g/mol. The number of likely N-dealkylation sites (tertiary alicyclic amines) is 1. The molecule has 1 spiro atoms. The molecular formula is C18H23NO. The maximum Gasteiger partial charge on any atom is 0.219 e. The van der Waals surface area contributed by atoms with Gasteiger partial charge in [-0.2, -0.15) is 0 Å². The van der Waals surface area contributed by atoms with E-state index in [4.69, 9.17) is 0 Å². The summed E-state index contributed by atoms with van der Waals surface area (Å²) in [4.78, 5) is 13.9. The lowest BCUT2D eigenvalue weighted by molar-refractivity contribution is -0.128. The van der Waals surface area contributed by atoms with Gasteiger partial charge < -0.3 is 4.90 Å². The number of nitrogens with zero attached hydrogens (tertiary/aromatic N) is 1. The van der Waals surface area contributed by atoms with Gasteiger partial charge in [0.1, 0.15) is 0 Å². The van der Waals surface area contributed by atoms with E-state index in [0.717, 1.165) is 19.0 Å². The van der Waals surface area contributed by atoms with Crippen molar-refractivity contribution in [3.63, 3.8) is 0 Å². The number of fused-ring (bicyclic) bond motifs is 2. The maximum absolute atomic E-state index is 11.8. The Morgan fingerprint density at radius 1 is 1.35 bits per heavy atom. The van der Waals surface area contributed by atoms with Crippen LogP contribution in [0.15, 0.2) is 18.2 Å². The average molecular weight is 269 g/mol. The first kappa shape index (κ1) is 12.4. The fraction of sp³-hybridized carbons (Fsp3) is 0.611. The Morgan fingerprint density at radius 3 is 3.00 bits per heavy atom. The summed E-state index contributed by atoms with van der Waals surface area (Å²) in [5, 5.41) is 0. The summed E-state index contributed by atoms with van der Waals surface area (Å²) in [5.74, 6) is 1.70. The standard InChI is InChI=1S/C18H23NO/c1-12-3-5-16-14(9-12)7-8-18-11-19(13(2)20)10-15(18)4-6-17(16)18/h3,5,9,15,17H,4,6-8,10-11H2,1-2H3/t15-,17-,18+/m1/s1. The van der Waals surface area contributed by atoms with Crippen LogP contribution in [0.5, 0.6) is 0 Å². The summed E-state index contributed by atoms with van der Waals surface area (Å²) in [6, 6.07) is 7.02. The van der Waals surface area contributed by atoms with E-state index in [9.17, 15) is 4.79 Å². The minimum atomic E-state index is 0.266. The third-order valence-corrected chi connectivity index (χ3v) is 6.22. The van der Waals surface area contributed by atoms with Gasteiger partial charge in [0, 0.05) is 20.0 Å². The molecule has 1 saturated carbocycles. The number of benzene rings is 1. The van der Waals surface area contributed by atoms with E-state index in [1.807, 2.05) is 0 Å². The Balaban J connectivity index is 1.75. The summed E-state index contributed by atoms with van der Waals surface area (Å²) < 4.78 is 0. The van der Waals surface area contributed by atoms with Crippen molar-refractivity contribution in [2.24, 2.45) is 11.3 Å². The second-order valence-corrected chi connectivity index (χ2v) is 7.16. The van der Waals surface area contributed by atoms with E-state index in [2.05, 4.69) is 30.0 Å². The summed E-state index contributed by atoms with van der Waals surface area (Å²) in [6.45, 7) is 5.93. The molecule has 0 bridgehead atoms. The second-order valence-electron chi connectivity index (χ2n) is 7.16. The highest BCUT2D eigenvalue weighted by atomic mass is 16.2. The van der Waals surface area contributed by atoms with Gasteiger partial charge in [-0.05, 0) is 61.0 Å². The molecule has 1 saturated heterocycles. The van der Waals surface area contributed by atoms with E-state index in [0.29, 0.717) is 11.3 Å². The predicted molar refractivity (Wildman–Crippen MR) is 79.7 cm³/mol. The van der Waals surface area contributed by atoms with Crippen molar-refractivity contribution in [3.8, 4) is 0 Å². The van der Waals surface area contributed by atoms with Gasteiger partial charge in [0.2, 0.25) is 5.91 Å². The molecular weight excluding hydrogens is 246 g/mol. The summed E-state index contributed by atoms with van der Waals surface area (Å²) >= 11 is 0. The number of carbonyl (C=O) groups excluding carboxylic acids is 1. The van der Waals surface area contributed by atoms with Gasteiger partial charge in [-0.3, -0.25) is 4.79 Å². The number of aryl methyl sites for hydroxylation is 2. The zero-order valence-corrected chi connectivity index (χ0v) is 12.5. The molecule has 1 aromatic carbocycles. The topological polar surface area (TPSA) is 20.3 Å². The molecule has 0 aromatic heterocycles. The normalized spacial score (nSPS) is 34.6. The van der Waals surface area contributed by atoms with Crippen molar-refractivity contribution in [1.29, 1.82) is 0 Å². The van der Waals surface area contributed by atoms with E-state index in [-0.39, 0.29) is 5.91 Å². The number of hydrogen-bond donors (Lipinski definition) is 0. The van der Waals surface area contributed by atoms with Gasteiger partial charge in [0.05, 0.1) is 0 Å². The lowest BCUT2D eigenvalue weighted by atomic mass is 9.63. The quantitative estimate of drug-likeness (QED) is 0.708. The second kappa shape index (κ2) is 4.09. The fourth-order valence-electron chi connectivity index (χ4n) is 5.25. The van der Waals surface area contributed by atoms with E-state index >= 15 is 0 Å².